The van der Waals surface area contributed by atoms with Gasteiger partial charge in [-0.3, -0.25) is 0 Å². The van der Waals surface area contributed by atoms with E-state index in [0.717, 1.165) is 6.08 Å². The zero-order valence-electron chi connectivity index (χ0n) is 5.02. The number of carboxylic acid groups (broad SMARTS) is 1. The molecule has 0 aliphatic heterocycles. The van der Waals surface area contributed by atoms with Crippen molar-refractivity contribution in [1.82, 2.24) is 0 Å². The first kappa shape index (κ1) is 15.7. The van der Waals surface area contributed by atoms with Crippen LogP contribution in [0, 0.1) is 0 Å². The van der Waals surface area contributed by atoms with E-state index in [1.54, 1.807) is 0 Å². The van der Waals surface area contributed by atoms with Crippen molar-refractivity contribution in [2.24, 2.45) is 0 Å². The van der Waals surface area contributed by atoms with Gasteiger partial charge in [0.05, 0.1) is 5.97 Å². The van der Waals surface area contributed by atoms with Gasteiger partial charge in [0.25, 0.3) is 0 Å². The normalized spacial score (nSPS) is 4.50. The van der Waals surface area contributed by atoms with Crippen molar-refractivity contribution in [3.05, 3.63) is 25.8 Å². The summed E-state index contributed by atoms with van der Waals surface area (Å²) in [6.07, 6.45) is 0.722. The third kappa shape index (κ3) is 38.3. The molecule has 40 valence electrons. The van der Waals surface area contributed by atoms with Gasteiger partial charge < -0.3 is 9.90 Å². The predicted molar refractivity (Wildman–Crippen MR) is 26.5 cm³/mol. The third-order valence-corrected chi connectivity index (χ3v) is 0.167. The molecular formula is C5H7NaO2. The van der Waals surface area contributed by atoms with Gasteiger partial charge in [-0.25, -0.2) is 0 Å². The molecule has 0 N–H and O–H groups in total. The van der Waals surface area contributed by atoms with Gasteiger partial charge in [-0.2, -0.15) is 0 Å². The molecule has 0 rings (SSSR count). The first-order valence-electron chi connectivity index (χ1n) is 1.61. The molecule has 0 bridgehead atoms. The van der Waals surface area contributed by atoms with Crippen LogP contribution in [-0.2, 0) is 4.79 Å². The Balaban J connectivity index is -0.0000000750. The fourth-order valence-corrected chi connectivity index (χ4v) is 0. The molecule has 8 heavy (non-hydrogen) atoms. The Kier molecular flexibility index (Phi) is 30.9. The summed E-state index contributed by atoms with van der Waals surface area (Å²) in [5.41, 5.74) is 0. The molecule has 0 aliphatic rings. The van der Waals surface area contributed by atoms with E-state index in [-0.39, 0.29) is 29.6 Å². The first-order valence-corrected chi connectivity index (χ1v) is 1.61. The maximum atomic E-state index is 9.14. The van der Waals surface area contributed by atoms with Gasteiger partial charge in [0, 0.05) is 0 Å². The molecule has 0 fully saturated rings. The molecule has 3 heteroatoms. The second-order valence-electron chi connectivity index (χ2n) is 0.523. The van der Waals surface area contributed by atoms with Crippen LogP contribution in [0.5, 0.6) is 0 Å². The number of rotatable bonds is 1. The van der Waals surface area contributed by atoms with Crippen LogP contribution in [0.4, 0.5) is 0 Å². The summed E-state index contributed by atoms with van der Waals surface area (Å²) >= 11 is 0. The summed E-state index contributed by atoms with van der Waals surface area (Å²) < 4.78 is 0. The quantitative estimate of drug-likeness (QED) is 0.208. The van der Waals surface area contributed by atoms with E-state index in [2.05, 4.69) is 19.7 Å². The number of carbonyl (C=O) groups excluding carboxylic acids is 1. The number of aliphatic carboxylic acids is 1. The van der Waals surface area contributed by atoms with E-state index in [1.165, 1.54) is 0 Å². The van der Waals surface area contributed by atoms with Gasteiger partial charge in [0.1, 0.15) is 0 Å². The molecule has 0 radical (unpaired) electrons. The van der Waals surface area contributed by atoms with Crippen LogP contribution in [0.15, 0.2) is 25.8 Å². The van der Waals surface area contributed by atoms with Gasteiger partial charge >= 0.3 is 29.6 Å². The van der Waals surface area contributed by atoms with E-state index < -0.39 is 5.97 Å². The van der Waals surface area contributed by atoms with Gasteiger partial charge in [0.15, 0.2) is 0 Å². The Morgan fingerprint density at radius 3 is 1.62 bits per heavy atom. The zero-order valence-corrected chi connectivity index (χ0v) is 7.02. The fourth-order valence-electron chi connectivity index (χ4n) is 0. The number of carboxylic acids is 1. The Morgan fingerprint density at radius 1 is 1.50 bits per heavy atom. The average Bonchev–Trinajstić information content (AvgIpc) is 1.73. The summed E-state index contributed by atoms with van der Waals surface area (Å²) in [7, 11) is 0. The molecule has 0 saturated carbocycles. The second kappa shape index (κ2) is 15.8. The largest absolute Gasteiger partial charge is 1.00 e. The zero-order chi connectivity index (χ0) is 6.28. The van der Waals surface area contributed by atoms with Crippen LogP contribution < -0.4 is 34.7 Å². The number of hydrogen-bond donors (Lipinski definition) is 0. The molecule has 0 amide bonds. The molecular weight excluding hydrogens is 115 g/mol. The van der Waals surface area contributed by atoms with Gasteiger partial charge in [-0.15, -0.1) is 13.2 Å². The van der Waals surface area contributed by atoms with Gasteiger partial charge in [-0.1, -0.05) is 6.58 Å². The molecule has 0 aliphatic carbocycles. The smallest absolute Gasteiger partial charge is 0.545 e. The van der Waals surface area contributed by atoms with E-state index in [4.69, 9.17) is 9.90 Å². The van der Waals surface area contributed by atoms with Crippen molar-refractivity contribution in [2.75, 3.05) is 0 Å². The van der Waals surface area contributed by atoms with Crippen molar-refractivity contribution >= 4 is 5.97 Å². The molecule has 0 aromatic heterocycles. The summed E-state index contributed by atoms with van der Waals surface area (Å²) in [6, 6.07) is 0. The van der Waals surface area contributed by atoms with Gasteiger partial charge in [-0.05, 0) is 6.08 Å². The van der Waals surface area contributed by atoms with Crippen molar-refractivity contribution in [2.45, 2.75) is 0 Å². The Hall–Kier alpha value is -0.0500. The molecule has 0 heterocycles. The fraction of sp³-hybridized carbons (Fsp3) is 0. The Morgan fingerprint density at radius 2 is 1.62 bits per heavy atom. The monoisotopic (exact) mass is 122 g/mol. The first-order chi connectivity index (χ1) is 3.27. The minimum Gasteiger partial charge on any atom is -0.545 e. The topological polar surface area (TPSA) is 40.1 Å². The number of carbonyl (C=O) groups is 1. The van der Waals surface area contributed by atoms with Crippen LogP contribution in [0.1, 0.15) is 0 Å². The van der Waals surface area contributed by atoms with Gasteiger partial charge in [0.2, 0.25) is 0 Å². The molecule has 0 aromatic carbocycles. The summed E-state index contributed by atoms with van der Waals surface area (Å²) in [4.78, 5) is 9.14. The average molecular weight is 122 g/mol. The van der Waals surface area contributed by atoms with Crippen LogP contribution >= 0.6 is 0 Å². The third-order valence-electron chi connectivity index (χ3n) is 0.167. The Bertz CT molecular complexity index is 70.8. The summed E-state index contributed by atoms with van der Waals surface area (Å²) in [5.74, 6) is -1.23. The molecule has 0 unspecified atom stereocenters. The number of hydrogen-bond acceptors (Lipinski definition) is 2. The van der Waals surface area contributed by atoms with Crippen molar-refractivity contribution in [1.29, 1.82) is 0 Å². The molecule has 0 spiro atoms. The van der Waals surface area contributed by atoms with Crippen molar-refractivity contribution in [3.8, 4) is 0 Å². The summed E-state index contributed by atoms with van der Waals surface area (Å²) in [6.45, 7) is 8.90. The van der Waals surface area contributed by atoms with Crippen LogP contribution in [0.3, 0.4) is 0 Å². The second-order valence-corrected chi connectivity index (χ2v) is 0.523. The maximum absolute atomic E-state index is 9.14. The molecule has 0 atom stereocenters. The van der Waals surface area contributed by atoms with Crippen LogP contribution in [0.2, 0.25) is 0 Å². The molecule has 2 nitrogen and oxygen atoms in total. The van der Waals surface area contributed by atoms with Crippen molar-refractivity contribution in [3.63, 3.8) is 0 Å². The van der Waals surface area contributed by atoms with E-state index in [9.17, 15) is 0 Å². The predicted octanol–water partition coefficient (Wildman–Crippen LogP) is -3.27. The standard InChI is InChI=1S/C3H4O2.C2H4.Na/c1-2-3(4)5;1-2;/h2H,1H2,(H,4,5);1-2H2;/q;;+1/p-1. The summed E-state index contributed by atoms with van der Waals surface area (Å²) in [5, 5.41) is 9.14. The van der Waals surface area contributed by atoms with E-state index in [1.807, 2.05) is 0 Å². The molecule has 0 saturated heterocycles. The minimum absolute atomic E-state index is 0. The maximum Gasteiger partial charge on any atom is 1.00 e. The van der Waals surface area contributed by atoms with Crippen LogP contribution in [0.25, 0.3) is 0 Å². The Labute approximate surface area is 71.2 Å². The van der Waals surface area contributed by atoms with E-state index in [0.29, 0.717) is 0 Å². The minimum atomic E-state index is -1.23. The SMILES string of the molecule is C=C.C=CC(=O)[O-].[Na+]. The molecule has 0 aromatic rings. The van der Waals surface area contributed by atoms with Crippen molar-refractivity contribution < 1.29 is 39.5 Å². The van der Waals surface area contributed by atoms with Crippen LogP contribution in [-0.4, -0.2) is 5.97 Å². The van der Waals surface area contributed by atoms with E-state index >= 15 is 0 Å².